The van der Waals surface area contributed by atoms with Crippen LogP contribution < -0.4 is 5.32 Å². The highest BCUT2D eigenvalue weighted by Gasteiger charge is 2.12. The van der Waals surface area contributed by atoms with Crippen molar-refractivity contribution in [3.8, 4) is 0 Å². The zero-order valence-corrected chi connectivity index (χ0v) is 17.1. The number of carbonyl (C=O) groups excluding carboxylic acids is 1. The van der Waals surface area contributed by atoms with E-state index >= 15 is 0 Å². The predicted molar refractivity (Wildman–Crippen MR) is 111 cm³/mol. The van der Waals surface area contributed by atoms with Crippen molar-refractivity contribution in [2.45, 2.75) is 35.3 Å². The van der Waals surface area contributed by atoms with Crippen LogP contribution in [-0.2, 0) is 6.42 Å². The van der Waals surface area contributed by atoms with Crippen LogP contribution in [0.2, 0.25) is 0 Å². The number of hydrogen-bond donors (Lipinski definition) is 1. The molecular weight excluding hydrogens is 378 g/mol. The fraction of sp³-hybridized carbons (Fsp3) is 0.250. The second-order valence-corrected chi connectivity index (χ2v) is 8.70. The number of rotatable bonds is 7. The topological polar surface area (TPSA) is 68.0 Å². The van der Waals surface area contributed by atoms with Gasteiger partial charge in [-0.15, -0.1) is 28.6 Å². The predicted octanol–water partition coefficient (Wildman–Crippen LogP) is 5.14. The molecule has 0 saturated heterocycles. The zero-order chi connectivity index (χ0) is 19.2. The van der Waals surface area contributed by atoms with Crippen LogP contribution in [0.25, 0.3) is 0 Å². The van der Waals surface area contributed by atoms with Crippen LogP contribution in [0.15, 0.2) is 62.7 Å². The summed E-state index contributed by atoms with van der Waals surface area (Å²) in [6.07, 6.45) is 2.57. The van der Waals surface area contributed by atoms with Crippen LogP contribution in [0.4, 0.5) is 6.01 Å². The summed E-state index contributed by atoms with van der Waals surface area (Å²) < 4.78 is 5.55. The average molecular weight is 400 g/mol. The Labute approximate surface area is 167 Å². The Morgan fingerprint density at radius 3 is 2.33 bits per heavy atom. The summed E-state index contributed by atoms with van der Waals surface area (Å²) in [6.45, 7) is 4.27. The van der Waals surface area contributed by atoms with E-state index in [2.05, 4.69) is 41.5 Å². The van der Waals surface area contributed by atoms with Gasteiger partial charge in [0, 0.05) is 20.6 Å². The maximum Gasteiger partial charge on any atom is 0.322 e. The van der Waals surface area contributed by atoms with Gasteiger partial charge in [-0.2, -0.15) is 0 Å². The maximum absolute atomic E-state index is 12.3. The monoisotopic (exact) mass is 399 g/mol. The van der Waals surface area contributed by atoms with Gasteiger partial charge in [0.2, 0.25) is 5.89 Å². The van der Waals surface area contributed by atoms with Gasteiger partial charge < -0.3 is 4.42 Å². The molecule has 3 aromatic rings. The molecule has 0 aliphatic rings. The van der Waals surface area contributed by atoms with Gasteiger partial charge in [-0.1, -0.05) is 31.1 Å². The van der Waals surface area contributed by atoms with E-state index in [1.165, 1.54) is 4.90 Å². The lowest BCUT2D eigenvalue weighted by Crippen LogP contribution is -2.12. The number of anilines is 1. The average Bonchev–Trinajstić information content (AvgIpc) is 3.09. The first-order valence-electron chi connectivity index (χ1n) is 8.57. The first-order chi connectivity index (χ1) is 13.0. The van der Waals surface area contributed by atoms with E-state index in [0.29, 0.717) is 23.1 Å². The van der Waals surface area contributed by atoms with Gasteiger partial charge in [0.15, 0.2) is 0 Å². The van der Waals surface area contributed by atoms with Gasteiger partial charge in [-0.25, -0.2) is 0 Å². The number of benzene rings is 2. The van der Waals surface area contributed by atoms with Crippen molar-refractivity contribution >= 4 is 35.4 Å². The highest BCUT2D eigenvalue weighted by molar-refractivity contribution is 8.00. The number of hydrogen-bond acceptors (Lipinski definition) is 6. The van der Waals surface area contributed by atoms with Crippen LogP contribution in [0.3, 0.4) is 0 Å². The molecule has 3 rings (SSSR count). The summed E-state index contributed by atoms with van der Waals surface area (Å²) in [4.78, 5) is 14.7. The first-order valence-corrected chi connectivity index (χ1v) is 10.7. The van der Waals surface area contributed by atoms with Crippen molar-refractivity contribution in [1.29, 1.82) is 0 Å². The summed E-state index contributed by atoms with van der Waals surface area (Å²) in [5, 5.41) is 11.1. The zero-order valence-electron chi connectivity index (χ0n) is 15.4. The molecule has 0 atom stereocenters. The van der Waals surface area contributed by atoms with Gasteiger partial charge in [0.25, 0.3) is 5.91 Å². The minimum Gasteiger partial charge on any atom is -0.407 e. The number of thioether (sulfide) groups is 2. The third-order valence-electron chi connectivity index (χ3n) is 3.69. The number of nitrogens with one attached hydrogen (secondary N) is 1. The number of nitrogens with zero attached hydrogens (tertiary/aromatic N) is 2. The SMILES string of the molecule is CSc1ccc(Cc2nnc(NC(=O)c3ccc(SC(C)C)cc3)o2)cc1. The summed E-state index contributed by atoms with van der Waals surface area (Å²) in [6, 6.07) is 15.8. The summed E-state index contributed by atoms with van der Waals surface area (Å²) >= 11 is 3.45. The highest BCUT2D eigenvalue weighted by Crippen LogP contribution is 2.23. The normalized spacial score (nSPS) is 11.0. The van der Waals surface area contributed by atoms with Crippen molar-refractivity contribution in [3.63, 3.8) is 0 Å². The molecular formula is C20H21N3O2S2. The molecule has 0 spiro atoms. The van der Waals surface area contributed by atoms with E-state index in [4.69, 9.17) is 4.42 Å². The molecule has 0 fully saturated rings. The molecule has 7 heteroatoms. The van der Waals surface area contributed by atoms with Crippen LogP contribution in [-0.4, -0.2) is 27.6 Å². The van der Waals surface area contributed by atoms with Crippen molar-refractivity contribution in [1.82, 2.24) is 10.2 Å². The third kappa shape index (κ3) is 5.61. The Bertz CT molecular complexity index is 890. The van der Waals surface area contributed by atoms with Gasteiger partial charge in [0.1, 0.15) is 0 Å². The van der Waals surface area contributed by atoms with Crippen LogP contribution in [0.5, 0.6) is 0 Å². The lowest BCUT2D eigenvalue weighted by Gasteiger charge is -2.05. The minimum absolute atomic E-state index is 0.108. The van der Waals surface area contributed by atoms with Crippen LogP contribution >= 0.6 is 23.5 Å². The Kier molecular flexibility index (Phi) is 6.58. The molecule has 140 valence electrons. The summed E-state index contributed by atoms with van der Waals surface area (Å²) in [5.41, 5.74) is 1.63. The van der Waals surface area contributed by atoms with E-state index in [1.807, 2.05) is 30.5 Å². The molecule has 0 aliphatic heterocycles. The second kappa shape index (κ2) is 9.10. The quantitative estimate of drug-likeness (QED) is 0.555. The Morgan fingerprint density at radius 2 is 1.70 bits per heavy atom. The van der Waals surface area contributed by atoms with Crippen molar-refractivity contribution in [3.05, 3.63) is 65.5 Å². The Balaban J connectivity index is 1.60. The van der Waals surface area contributed by atoms with E-state index in [0.717, 1.165) is 10.5 Å². The van der Waals surface area contributed by atoms with E-state index in [1.54, 1.807) is 35.7 Å². The number of amides is 1. The molecule has 0 aliphatic carbocycles. The molecule has 0 unspecified atom stereocenters. The molecule has 1 aromatic heterocycles. The lowest BCUT2D eigenvalue weighted by atomic mass is 10.1. The lowest BCUT2D eigenvalue weighted by molar-refractivity contribution is 0.102. The fourth-order valence-corrected chi connectivity index (χ4v) is 3.67. The van der Waals surface area contributed by atoms with Gasteiger partial charge in [-0.05, 0) is 48.2 Å². The Morgan fingerprint density at radius 1 is 1.04 bits per heavy atom. The molecule has 0 radical (unpaired) electrons. The van der Waals surface area contributed by atoms with Crippen molar-refractivity contribution < 1.29 is 9.21 Å². The number of aromatic nitrogens is 2. The molecule has 5 nitrogen and oxygen atoms in total. The van der Waals surface area contributed by atoms with E-state index in [-0.39, 0.29) is 11.9 Å². The summed E-state index contributed by atoms with van der Waals surface area (Å²) in [5.74, 6) is 0.196. The smallest absolute Gasteiger partial charge is 0.322 e. The molecule has 2 aromatic carbocycles. The van der Waals surface area contributed by atoms with Crippen LogP contribution in [0, 0.1) is 0 Å². The number of carbonyl (C=O) groups is 1. The second-order valence-electron chi connectivity index (χ2n) is 6.17. The van der Waals surface area contributed by atoms with Crippen molar-refractivity contribution in [2.24, 2.45) is 0 Å². The largest absolute Gasteiger partial charge is 0.407 e. The van der Waals surface area contributed by atoms with E-state index in [9.17, 15) is 4.79 Å². The highest BCUT2D eigenvalue weighted by atomic mass is 32.2. The van der Waals surface area contributed by atoms with Gasteiger partial charge in [0.05, 0.1) is 6.42 Å². The fourth-order valence-electron chi connectivity index (χ4n) is 2.42. The summed E-state index contributed by atoms with van der Waals surface area (Å²) in [7, 11) is 0. The molecule has 1 N–H and O–H groups in total. The molecule has 0 saturated carbocycles. The molecule has 27 heavy (non-hydrogen) atoms. The minimum atomic E-state index is -0.268. The first kappa shape index (κ1) is 19.5. The molecule has 0 bridgehead atoms. The molecule has 1 heterocycles. The third-order valence-corrected chi connectivity index (χ3v) is 5.45. The Hall–Kier alpha value is -2.25. The van der Waals surface area contributed by atoms with E-state index < -0.39 is 0 Å². The maximum atomic E-state index is 12.3. The molecule has 1 amide bonds. The van der Waals surface area contributed by atoms with Gasteiger partial charge in [-0.3, -0.25) is 10.1 Å². The van der Waals surface area contributed by atoms with Gasteiger partial charge >= 0.3 is 6.01 Å². The standard InChI is InChI=1S/C20H21N3O2S2/c1-13(2)27-17-10-6-15(7-11-17)19(24)21-20-23-22-18(25-20)12-14-4-8-16(26-3)9-5-14/h4-11,13H,12H2,1-3H3,(H,21,23,24). The van der Waals surface area contributed by atoms with Crippen molar-refractivity contribution in [2.75, 3.05) is 11.6 Å². The van der Waals surface area contributed by atoms with Crippen LogP contribution in [0.1, 0.15) is 35.7 Å².